The number of anilines is 1. The van der Waals surface area contributed by atoms with E-state index in [4.69, 9.17) is 0 Å². The van der Waals surface area contributed by atoms with Crippen LogP contribution in [0.4, 0.5) is 5.82 Å². The van der Waals surface area contributed by atoms with Gasteiger partial charge >= 0.3 is 0 Å². The Morgan fingerprint density at radius 2 is 1.81 bits per heavy atom. The molecule has 1 spiro atoms. The summed E-state index contributed by atoms with van der Waals surface area (Å²) in [6, 6.07) is 16.6. The minimum absolute atomic E-state index is 0.191. The molecule has 2 fully saturated rings. The van der Waals surface area contributed by atoms with Gasteiger partial charge in [-0.05, 0) is 37.5 Å². The average Bonchev–Trinajstić information content (AvgIpc) is 2.67. The van der Waals surface area contributed by atoms with E-state index in [2.05, 4.69) is 56.5 Å². The van der Waals surface area contributed by atoms with Gasteiger partial charge in [0.2, 0.25) is 5.91 Å². The maximum absolute atomic E-state index is 12.9. The van der Waals surface area contributed by atoms with Crippen molar-refractivity contribution in [3.8, 4) is 0 Å². The Kier molecular flexibility index (Phi) is 4.64. The molecule has 136 valence electrons. The van der Waals surface area contributed by atoms with Crippen LogP contribution < -0.4 is 10.2 Å². The second-order valence-electron chi connectivity index (χ2n) is 7.32. The van der Waals surface area contributed by atoms with Crippen molar-refractivity contribution in [2.45, 2.75) is 31.8 Å². The summed E-state index contributed by atoms with van der Waals surface area (Å²) in [5.74, 6) is 1.21. The molecule has 3 heterocycles. The minimum Gasteiger partial charge on any atom is -0.356 e. The Morgan fingerprint density at radius 3 is 2.54 bits per heavy atom. The Morgan fingerprint density at radius 1 is 1.04 bits per heavy atom. The van der Waals surface area contributed by atoms with E-state index in [9.17, 15) is 4.79 Å². The van der Waals surface area contributed by atoms with Crippen LogP contribution in [0.2, 0.25) is 0 Å². The second kappa shape index (κ2) is 7.08. The van der Waals surface area contributed by atoms with Crippen LogP contribution in [-0.2, 0) is 11.3 Å². The van der Waals surface area contributed by atoms with Crippen LogP contribution in [0.5, 0.6) is 0 Å². The van der Waals surface area contributed by atoms with Gasteiger partial charge in [0.15, 0.2) is 0 Å². The highest BCUT2D eigenvalue weighted by atomic mass is 16.2. The summed E-state index contributed by atoms with van der Waals surface area (Å²) in [4.78, 5) is 22.2. The van der Waals surface area contributed by atoms with Crippen molar-refractivity contribution >= 4 is 11.7 Å². The molecule has 0 unspecified atom stereocenters. The van der Waals surface area contributed by atoms with Crippen molar-refractivity contribution in [3.05, 3.63) is 59.8 Å². The van der Waals surface area contributed by atoms with Crippen LogP contribution in [0.1, 0.15) is 24.1 Å². The molecular weight excluding hydrogens is 324 g/mol. The minimum atomic E-state index is -0.394. The quantitative estimate of drug-likeness (QED) is 0.923. The first-order valence-electron chi connectivity index (χ1n) is 9.43. The zero-order valence-electron chi connectivity index (χ0n) is 15.3. The van der Waals surface area contributed by atoms with Crippen molar-refractivity contribution in [1.82, 2.24) is 15.2 Å². The van der Waals surface area contributed by atoms with E-state index in [1.807, 2.05) is 19.1 Å². The molecule has 1 aromatic carbocycles. The van der Waals surface area contributed by atoms with Crippen molar-refractivity contribution in [3.63, 3.8) is 0 Å². The molecule has 5 nitrogen and oxygen atoms in total. The maximum Gasteiger partial charge on any atom is 0.240 e. The molecule has 0 radical (unpaired) electrons. The largest absolute Gasteiger partial charge is 0.356 e. The molecule has 0 aliphatic carbocycles. The average molecular weight is 350 g/mol. The molecule has 2 aromatic rings. The van der Waals surface area contributed by atoms with Crippen molar-refractivity contribution < 1.29 is 4.79 Å². The number of piperidine rings is 1. The number of nitrogens with zero attached hydrogens (tertiary/aromatic N) is 3. The molecule has 26 heavy (non-hydrogen) atoms. The first-order chi connectivity index (χ1) is 12.7. The normalized spacial score (nSPS) is 20.2. The molecular formula is C21H26N4O. The highest BCUT2D eigenvalue weighted by molar-refractivity contribution is 5.87. The Hall–Kier alpha value is -2.40. The Balaban J connectivity index is 1.52. The molecule has 2 aliphatic heterocycles. The van der Waals surface area contributed by atoms with E-state index in [0.29, 0.717) is 0 Å². The van der Waals surface area contributed by atoms with E-state index in [1.165, 1.54) is 5.56 Å². The first-order valence-corrected chi connectivity index (χ1v) is 9.43. The van der Waals surface area contributed by atoms with E-state index in [-0.39, 0.29) is 5.91 Å². The van der Waals surface area contributed by atoms with E-state index >= 15 is 0 Å². The Bertz CT molecular complexity index is 769. The van der Waals surface area contributed by atoms with Gasteiger partial charge in [-0.25, -0.2) is 4.98 Å². The van der Waals surface area contributed by atoms with Gasteiger partial charge in [0.05, 0.1) is 0 Å². The predicted molar refractivity (Wildman–Crippen MR) is 103 cm³/mol. The van der Waals surface area contributed by atoms with Gasteiger partial charge in [0.25, 0.3) is 0 Å². The molecule has 0 bridgehead atoms. The zero-order chi connectivity index (χ0) is 18.0. The molecule has 5 heteroatoms. The first kappa shape index (κ1) is 17.0. The summed E-state index contributed by atoms with van der Waals surface area (Å²) in [6.45, 7) is 6.20. The third kappa shape index (κ3) is 3.19. The summed E-state index contributed by atoms with van der Waals surface area (Å²) in [7, 11) is 0. The van der Waals surface area contributed by atoms with Gasteiger partial charge in [-0.15, -0.1) is 0 Å². The highest BCUT2D eigenvalue weighted by Gasteiger charge is 2.48. The van der Waals surface area contributed by atoms with Gasteiger partial charge < -0.3 is 10.2 Å². The van der Waals surface area contributed by atoms with Crippen LogP contribution in [0, 0.1) is 6.92 Å². The third-order valence-corrected chi connectivity index (χ3v) is 5.70. The number of piperazine rings is 1. The lowest BCUT2D eigenvalue weighted by Gasteiger charge is -2.50. The fourth-order valence-corrected chi connectivity index (χ4v) is 4.21. The fourth-order valence-electron chi connectivity index (χ4n) is 4.21. The number of aromatic nitrogens is 1. The van der Waals surface area contributed by atoms with Crippen LogP contribution in [0.15, 0.2) is 48.5 Å². The highest BCUT2D eigenvalue weighted by Crippen LogP contribution is 2.33. The summed E-state index contributed by atoms with van der Waals surface area (Å²) < 4.78 is 0. The van der Waals surface area contributed by atoms with Crippen molar-refractivity contribution in [2.75, 3.05) is 31.1 Å². The number of benzene rings is 1. The summed E-state index contributed by atoms with van der Waals surface area (Å²) in [6.07, 6.45) is 1.67. The van der Waals surface area contributed by atoms with Gasteiger partial charge in [-0.2, -0.15) is 0 Å². The number of rotatable bonds is 3. The standard InChI is InChI=1S/C21H26N4O/c1-17-6-5-9-19(23-17)24-13-10-21(11-14-24)20(26)22-12-15-25(21)16-18-7-3-2-4-8-18/h2-9H,10-16H2,1H3,(H,22,26). The maximum atomic E-state index is 12.9. The third-order valence-electron chi connectivity index (χ3n) is 5.70. The molecule has 0 atom stereocenters. The number of hydrogen-bond donors (Lipinski definition) is 1. The van der Waals surface area contributed by atoms with E-state index in [0.717, 1.165) is 57.1 Å². The predicted octanol–water partition coefficient (Wildman–Crippen LogP) is 2.36. The molecule has 2 saturated heterocycles. The van der Waals surface area contributed by atoms with Crippen LogP contribution in [0.25, 0.3) is 0 Å². The lowest BCUT2D eigenvalue weighted by Crippen LogP contribution is -2.67. The number of aryl methyl sites for hydroxylation is 1. The lowest BCUT2D eigenvalue weighted by molar-refractivity contribution is -0.139. The van der Waals surface area contributed by atoms with E-state index in [1.54, 1.807) is 0 Å². The van der Waals surface area contributed by atoms with Crippen LogP contribution in [0.3, 0.4) is 0 Å². The van der Waals surface area contributed by atoms with E-state index < -0.39 is 5.54 Å². The van der Waals surface area contributed by atoms with Gasteiger partial charge in [-0.3, -0.25) is 9.69 Å². The van der Waals surface area contributed by atoms with Crippen molar-refractivity contribution in [2.24, 2.45) is 0 Å². The Labute approximate surface area is 155 Å². The van der Waals surface area contributed by atoms with Crippen LogP contribution in [-0.4, -0.2) is 47.5 Å². The number of carbonyl (C=O) groups excluding carboxylic acids is 1. The number of nitrogens with one attached hydrogen (secondary N) is 1. The monoisotopic (exact) mass is 350 g/mol. The molecule has 1 amide bonds. The zero-order valence-corrected chi connectivity index (χ0v) is 15.3. The van der Waals surface area contributed by atoms with Gasteiger partial charge in [0, 0.05) is 38.4 Å². The number of hydrogen-bond acceptors (Lipinski definition) is 4. The number of carbonyl (C=O) groups is 1. The van der Waals surface area contributed by atoms with Crippen LogP contribution >= 0.6 is 0 Å². The number of pyridine rings is 1. The number of amides is 1. The molecule has 1 N–H and O–H groups in total. The summed E-state index contributed by atoms with van der Waals surface area (Å²) in [5.41, 5.74) is 1.90. The second-order valence-corrected chi connectivity index (χ2v) is 7.32. The fraction of sp³-hybridized carbons (Fsp3) is 0.429. The summed E-state index contributed by atoms with van der Waals surface area (Å²) >= 11 is 0. The molecule has 0 saturated carbocycles. The molecule has 4 rings (SSSR count). The lowest BCUT2D eigenvalue weighted by atomic mass is 9.82. The smallest absolute Gasteiger partial charge is 0.240 e. The molecule has 2 aliphatic rings. The van der Waals surface area contributed by atoms with Gasteiger partial charge in [0.1, 0.15) is 11.4 Å². The molecule has 1 aromatic heterocycles. The topological polar surface area (TPSA) is 48.5 Å². The van der Waals surface area contributed by atoms with Crippen molar-refractivity contribution in [1.29, 1.82) is 0 Å². The summed E-state index contributed by atoms with van der Waals surface area (Å²) in [5, 5.41) is 3.11. The SMILES string of the molecule is Cc1cccc(N2CCC3(CC2)C(=O)NCCN3Cc2ccccc2)n1. The van der Waals surface area contributed by atoms with Gasteiger partial charge in [-0.1, -0.05) is 36.4 Å².